The molecule has 4 nitrogen and oxygen atoms in total. The summed E-state index contributed by atoms with van der Waals surface area (Å²) in [5.41, 5.74) is 22.1. The van der Waals surface area contributed by atoms with Crippen LogP contribution in [0.15, 0.2) is 279 Å². The Hall–Kier alpha value is -11.0. The first kappa shape index (κ1) is 49.9. The molecule has 6 heteroatoms. The van der Waals surface area contributed by atoms with E-state index < -0.39 is 0 Å². The van der Waals surface area contributed by atoms with Crippen LogP contribution >= 0.6 is 22.7 Å². The molecule has 0 N–H and O–H groups in total. The van der Waals surface area contributed by atoms with Gasteiger partial charge in [0.15, 0.2) is 0 Å². The highest BCUT2D eigenvalue weighted by Gasteiger charge is 2.37. The summed E-state index contributed by atoms with van der Waals surface area (Å²) in [5.74, 6) is 0. The third kappa shape index (κ3) is 6.72. The number of hydrogen-bond donors (Lipinski definition) is 0. The van der Waals surface area contributed by atoms with Crippen LogP contribution in [-0.2, 0) is 5.41 Å². The zero-order chi connectivity index (χ0) is 59.5. The lowest BCUT2D eigenvalue weighted by Crippen LogP contribution is -2.15. The standard InChI is InChI=1S/C85H52N4S2/c1-85(2)67-23-10-5-20-60(67)80-68(85)24-15-29-73(80)89-70-26-12-7-19-57(70)59-37-39-75-82(84(59)89)62-22-9-14-28-72(62)87(75)55-35-43-79-66(48-55)64-46-52(32-41-77(64)91-79)51-31-40-76-63(45-51)65-47-54(34-42-78(65)90-76)86-71-27-13-8-21-61(71)81-74(86)38-36-58-56-18-6-11-25-69(56)88(83(58)81)53-33-30-49-16-3-4-17-50(49)44-53/h3-48H,1-2H3. The molecule has 6 heterocycles. The summed E-state index contributed by atoms with van der Waals surface area (Å²) in [7, 11) is 0. The molecule has 0 fully saturated rings. The number of hydrogen-bond acceptors (Lipinski definition) is 2. The van der Waals surface area contributed by atoms with Crippen molar-refractivity contribution in [3.63, 3.8) is 0 Å². The number of thiophene rings is 2. The van der Waals surface area contributed by atoms with Crippen molar-refractivity contribution in [2.24, 2.45) is 0 Å². The minimum atomic E-state index is -0.119. The zero-order valence-electron chi connectivity index (χ0n) is 49.7. The van der Waals surface area contributed by atoms with Crippen LogP contribution in [0.5, 0.6) is 0 Å². The van der Waals surface area contributed by atoms with Crippen LogP contribution in [0.1, 0.15) is 25.0 Å². The molecule has 14 aromatic carbocycles. The van der Waals surface area contributed by atoms with Gasteiger partial charge >= 0.3 is 0 Å². The summed E-state index contributed by atoms with van der Waals surface area (Å²) < 4.78 is 15.3. The Morgan fingerprint density at radius 1 is 0.275 bits per heavy atom. The monoisotopic (exact) mass is 1190 g/mol. The van der Waals surface area contributed by atoms with Crippen LogP contribution in [0.3, 0.4) is 0 Å². The lowest BCUT2D eigenvalue weighted by Gasteiger charge is -2.22. The lowest BCUT2D eigenvalue weighted by atomic mass is 9.82. The maximum atomic E-state index is 2.59. The van der Waals surface area contributed by atoms with Gasteiger partial charge < -0.3 is 18.3 Å². The van der Waals surface area contributed by atoms with E-state index in [9.17, 15) is 0 Å². The third-order valence-electron chi connectivity index (χ3n) is 20.5. The molecular weight excluding hydrogens is 1140 g/mol. The van der Waals surface area contributed by atoms with Crippen LogP contribution in [0.2, 0.25) is 0 Å². The molecule has 0 radical (unpaired) electrons. The van der Waals surface area contributed by atoms with Crippen LogP contribution in [0.4, 0.5) is 0 Å². The lowest BCUT2D eigenvalue weighted by molar-refractivity contribution is 0.660. The van der Waals surface area contributed by atoms with Gasteiger partial charge in [0, 0.05) is 111 Å². The Kier molecular flexibility index (Phi) is 9.92. The van der Waals surface area contributed by atoms with Gasteiger partial charge in [0.05, 0.1) is 49.8 Å². The Labute approximate surface area is 530 Å². The fourth-order valence-electron chi connectivity index (χ4n) is 16.5. The average molecular weight is 1190 g/mol. The molecule has 91 heavy (non-hydrogen) atoms. The summed E-state index contributed by atoms with van der Waals surface area (Å²) in [6.07, 6.45) is 0. The summed E-state index contributed by atoms with van der Waals surface area (Å²) in [6, 6.07) is 105. The first-order chi connectivity index (χ1) is 44.9. The van der Waals surface area contributed by atoms with Crippen LogP contribution in [0.25, 0.3) is 183 Å². The molecule has 0 bridgehead atoms. The summed E-state index contributed by atoms with van der Waals surface area (Å²) in [4.78, 5) is 0. The van der Waals surface area contributed by atoms with Gasteiger partial charge in [-0.1, -0.05) is 178 Å². The number of benzene rings is 14. The highest BCUT2D eigenvalue weighted by atomic mass is 32.1. The Morgan fingerprint density at radius 2 is 0.714 bits per heavy atom. The molecule has 1 aliphatic rings. The van der Waals surface area contributed by atoms with E-state index in [4.69, 9.17) is 0 Å². The average Bonchev–Trinajstić information content (AvgIpc) is 1.55. The quantitative estimate of drug-likeness (QED) is 0.164. The van der Waals surface area contributed by atoms with E-state index in [0.29, 0.717) is 0 Å². The van der Waals surface area contributed by atoms with E-state index in [1.165, 1.54) is 177 Å². The molecule has 20 aromatic rings. The Morgan fingerprint density at radius 3 is 1.31 bits per heavy atom. The van der Waals surface area contributed by atoms with Gasteiger partial charge in [0.2, 0.25) is 0 Å². The number of para-hydroxylation sites is 4. The zero-order valence-corrected chi connectivity index (χ0v) is 51.3. The molecule has 1 aliphatic carbocycles. The minimum Gasteiger partial charge on any atom is -0.309 e. The van der Waals surface area contributed by atoms with E-state index in [0.717, 1.165) is 17.1 Å². The molecule has 0 aliphatic heterocycles. The van der Waals surface area contributed by atoms with Crippen molar-refractivity contribution >= 4 is 161 Å². The smallest absolute Gasteiger partial charge is 0.0641 e. The van der Waals surface area contributed by atoms with Crippen LogP contribution in [0, 0.1) is 0 Å². The second-order valence-corrected chi connectivity index (χ2v) is 27.7. The second kappa shape index (κ2) is 18.1. The van der Waals surface area contributed by atoms with Gasteiger partial charge in [-0.05, 0) is 154 Å². The normalized spacial score (nSPS) is 13.3. The largest absolute Gasteiger partial charge is 0.309 e. The number of aromatic nitrogens is 4. The molecule has 6 aromatic heterocycles. The molecule has 0 spiro atoms. The first-order valence-electron chi connectivity index (χ1n) is 31.5. The third-order valence-corrected chi connectivity index (χ3v) is 22.8. The predicted molar refractivity (Wildman–Crippen MR) is 390 cm³/mol. The van der Waals surface area contributed by atoms with Crippen molar-refractivity contribution < 1.29 is 0 Å². The Bertz CT molecular complexity index is 6630. The second-order valence-electron chi connectivity index (χ2n) is 25.5. The maximum Gasteiger partial charge on any atom is 0.0641 e. The topological polar surface area (TPSA) is 19.7 Å². The van der Waals surface area contributed by atoms with Crippen LogP contribution < -0.4 is 0 Å². The number of rotatable bonds is 5. The minimum absolute atomic E-state index is 0.119. The van der Waals surface area contributed by atoms with Gasteiger partial charge in [-0.25, -0.2) is 0 Å². The van der Waals surface area contributed by atoms with Gasteiger partial charge in [0.1, 0.15) is 0 Å². The van der Waals surface area contributed by atoms with Crippen molar-refractivity contribution in [3.05, 3.63) is 290 Å². The van der Waals surface area contributed by atoms with Gasteiger partial charge in [-0.3, -0.25) is 0 Å². The molecule has 0 atom stereocenters. The maximum absolute atomic E-state index is 2.59. The van der Waals surface area contributed by atoms with E-state index in [1.54, 1.807) is 0 Å². The van der Waals surface area contributed by atoms with Crippen molar-refractivity contribution in [2.75, 3.05) is 0 Å². The van der Waals surface area contributed by atoms with E-state index >= 15 is 0 Å². The van der Waals surface area contributed by atoms with E-state index in [1.807, 2.05) is 22.7 Å². The highest BCUT2D eigenvalue weighted by molar-refractivity contribution is 7.26. The summed E-state index contributed by atoms with van der Waals surface area (Å²) >= 11 is 3.76. The first-order valence-corrected chi connectivity index (χ1v) is 33.1. The molecule has 0 unspecified atom stereocenters. The van der Waals surface area contributed by atoms with E-state index in [-0.39, 0.29) is 5.41 Å². The van der Waals surface area contributed by atoms with Crippen LogP contribution in [-0.4, -0.2) is 18.3 Å². The van der Waals surface area contributed by atoms with Gasteiger partial charge in [0.25, 0.3) is 0 Å². The molecule has 0 saturated heterocycles. The van der Waals surface area contributed by atoms with Crippen molar-refractivity contribution in [2.45, 2.75) is 19.3 Å². The summed E-state index contributed by atoms with van der Waals surface area (Å²) in [6.45, 7) is 4.76. The van der Waals surface area contributed by atoms with Crippen molar-refractivity contribution in [1.82, 2.24) is 18.3 Å². The van der Waals surface area contributed by atoms with Gasteiger partial charge in [-0.2, -0.15) is 0 Å². The highest BCUT2D eigenvalue weighted by Crippen LogP contribution is 2.53. The van der Waals surface area contributed by atoms with Crippen molar-refractivity contribution in [1.29, 1.82) is 0 Å². The number of fused-ring (bicyclic) bond motifs is 24. The van der Waals surface area contributed by atoms with Gasteiger partial charge in [-0.15, -0.1) is 22.7 Å². The molecule has 21 rings (SSSR count). The Balaban J connectivity index is 0.712. The SMILES string of the molecule is CC1(C)c2ccccc2-c2c(-n3c4ccccc4c4ccc5c(c6ccccc6n5-c5ccc6sc7ccc(-c8ccc9sc%10ccc(-n%11c%12ccccc%12c%12c%11ccc%11c%13ccccc%13n(-c%13ccc%14ccccc%14c%13)c%11%12)cc%10c9c8)cc7c6c5)c43)cccc21. The van der Waals surface area contributed by atoms with E-state index in [2.05, 4.69) is 311 Å². The summed E-state index contributed by atoms with van der Waals surface area (Å²) in [5, 5.41) is 17.6. The molecule has 0 amide bonds. The molecular formula is C85H52N4S2. The number of nitrogens with zero attached hydrogens (tertiary/aromatic N) is 4. The van der Waals surface area contributed by atoms with Crippen molar-refractivity contribution in [3.8, 4) is 45.0 Å². The fraction of sp³-hybridized carbons (Fsp3) is 0.0353. The predicted octanol–water partition coefficient (Wildman–Crippen LogP) is 23.9. The molecule has 0 saturated carbocycles. The molecule has 424 valence electrons. The fourth-order valence-corrected chi connectivity index (χ4v) is 18.6.